The molecule has 0 aliphatic heterocycles. The molecule has 27 heavy (non-hydrogen) atoms. The minimum atomic E-state index is -1.83. The molecule has 11 heteroatoms. The summed E-state index contributed by atoms with van der Waals surface area (Å²) in [6.07, 6.45) is -6.22. The van der Waals surface area contributed by atoms with E-state index in [9.17, 15) is 25.2 Å². The highest BCUT2D eigenvalue weighted by Gasteiger charge is 2.29. The summed E-state index contributed by atoms with van der Waals surface area (Å²) in [6.45, 7) is -0.806. The Bertz CT molecular complexity index is 628. The Balaban J connectivity index is 2.83. The number of aliphatic hydroxyl groups excluding tert-OH is 5. The molecule has 1 amide bonds. The fourth-order valence-electron chi connectivity index (χ4n) is 2.07. The van der Waals surface area contributed by atoms with E-state index >= 15 is 0 Å². The summed E-state index contributed by atoms with van der Waals surface area (Å²) in [6, 6.07) is 2.78. The Labute approximate surface area is 155 Å². The molecule has 1 aromatic rings. The zero-order valence-corrected chi connectivity index (χ0v) is 15.1. The van der Waals surface area contributed by atoms with Gasteiger partial charge in [-0.2, -0.15) is 5.10 Å². The number of carbonyl (C=O) groups is 1. The molecule has 0 saturated heterocycles. The second kappa shape index (κ2) is 10.6. The van der Waals surface area contributed by atoms with Crippen molar-refractivity contribution in [2.75, 3.05) is 27.9 Å². The third kappa shape index (κ3) is 5.77. The summed E-state index contributed by atoms with van der Waals surface area (Å²) < 4.78 is 15.4. The Morgan fingerprint density at radius 1 is 1.07 bits per heavy atom. The third-order valence-corrected chi connectivity index (χ3v) is 3.60. The molecule has 6 N–H and O–H groups in total. The molecule has 1 aromatic carbocycles. The lowest BCUT2D eigenvalue weighted by Crippen LogP contribution is -2.46. The maximum absolute atomic E-state index is 12.2. The van der Waals surface area contributed by atoms with Crippen LogP contribution in [-0.4, -0.2) is 90.0 Å². The molecule has 4 atom stereocenters. The molecule has 0 radical (unpaired) electrons. The van der Waals surface area contributed by atoms with Gasteiger partial charge in [-0.05, 0) is 12.1 Å². The first-order chi connectivity index (χ1) is 12.8. The average molecular weight is 388 g/mol. The van der Waals surface area contributed by atoms with Crippen LogP contribution in [0.25, 0.3) is 0 Å². The fraction of sp³-hybridized carbons (Fsp3) is 0.500. The summed E-state index contributed by atoms with van der Waals surface area (Å²) in [7, 11) is 4.20. The summed E-state index contributed by atoms with van der Waals surface area (Å²) in [5, 5.41) is 50.3. The van der Waals surface area contributed by atoms with E-state index in [1.807, 2.05) is 0 Å². The smallest absolute Gasteiger partial charge is 0.271 e. The van der Waals surface area contributed by atoms with Gasteiger partial charge in [-0.3, -0.25) is 4.79 Å². The quantitative estimate of drug-likeness (QED) is 0.193. The Morgan fingerprint density at radius 3 is 2.07 bits per heavy atom. The maximum atomic E-state index is 12.2. The molecular weight excluding hydrogens is 364 g/mol. The number of amides is 1. The van der Waals surface area contributed by atoms with Crippen molar-refractivity contribution < 1.29 is 44.5 Å². The number of hydrogen-bond donors (Lipinski definition) is 6. The SMILES string of the molecule is COc1cc(C(=O)NN=CC(O)C(O)C(O)C(O)CO)cc(OC)c1OC. The normalized spacial score (nSPS) is 15.7. The molecule has 152 valence electrons. The van der Waals surface area contributed by atoms with Crippen LogP contribution in [-0.2, 0) is 0 Å². The second-order valence-electron chi connectivity index (χ2n) is 5.35. The van der Waals surface area contributed by atoms with E-state index in [2.05, 4.69) is 10.5 Å². The molecule has 0 spiro atoms. The highest BCUT2D eigenvalue weighted by atomic mass is 16.5. The van der Waals surface area contributed by atoms with Gasteiger partial charge in [0.1, 0.15) is 24.4 Å². The van der Waals surface area contributed by atoms with Gasteiger partial charge in [0.25, 0.3) is 5.91 Å². The van der Waals surface area contributed by atoms with Gasteiger partial charge in [0.2, 0.25) is 5.75 Å². The van der Waals surface area contributed by atoms with Crippen molar-refractivity contribution in [3.8, 4) is 17.2 Å². The average Bonchev–Trinajstić information content (AvgIpc) is 2.70. The monoisotopic (exact) mass is 388 g/mol. The number of hydrazone groups is 1. The van der Waals surface area contributed by atoms with Gasteiger partial charge in [-0.1, -0.05) is 0 Å². The van der Waals surface area contributed by atoms with Crippen LogP contribution in [0.15, 0.2) is 17.2 Å². The number of nitrogens with zero attached hydrogens (tertiary/aromatic N) is 1. The van der Waals surface area contributed by atoms with Crippen molar-refractivity contribution in [1.82, 2.24) is 5.43 Å². The molecule has 1 rings (SSSR count). The first-order valence-corrected chi connectivity index (χ1v) is 7.77. The summed E-state index contributed by atoms with van der Waals surface area (Å²) in [5.41, 5.74) is 2.24. The molecule has 0 aliphatic rings. The van der Waals surface area contributed by atoms with Crippen molar-refractivity contribution in [2.24, 2.45) is 5.10 Å². The van der Waals surface area contributed by atoms with Gasteiger partial charge in [-0.25, -0.2) is 5.43 Å². The maximum Gasteiger partial charge on any atom is 0.271 e. The van der Waals surface area contributed by atoms with E-state index in [1.54, 1.807) is 0 Å². The molecule has 4 unspecified atom stereocenters. The third-order valence-electron chi connectivity index (χ3n) is 3.60. The van der Waals surface area contributed by atoms with Crippen molar-refractivity contribution in [1.29, 1.82) is 0 Å². The molecule has 0 fully saturated rings. The zero-order valence-electron chi connectivity index (χ0n) is 15.1. The Morgan fingerprint density at radius 2 is 1.63 bits per heavy atom. The number of hydrogen-bond acceptors (Lipinski definition) is 10. The number of rotatable bonds is 10. The van der Waals surface area contributed by atoms with Crippen LogP contribution in [0.1, 0.15) is 10.4 Å². The van der Waals surface area contributed by atoms with Gasteiger partial charge >= 0.3 is 0 Å². The van der Waals surface area contributed by atoms with E-state index in [-0.39, 0.29) is 17.1 Å². The Kier molecular flexibility index (Phi) is 8.91. The van der Waals surface area contributed by atoms with E-state index in [0.717, 1.165) is 6.21 Å². The first-order valence-electron chi connectivity index (χ1n) is 7.77. The van der Waals surface area contributed by atoms with Crippen LogP contribution >= 0.6 is 0 Å². The minimum absolute atomic E-state index is 0.118. The van der Waals surface area contributed by atoms with Crippen LogP contribution in [0, 0.1) is 0 Å². The number of nitrogens with one attached hydrogen (secondary N) is 1. The standard InChI is InChI=1S/C16H24N2O9/c1-25-11-4-8(5-12(26-2)15(11)27-3)16(24)18-17-6-9(20)13(22)14(23)10(21)7-19/h4-6,9-10,13-14,19-23H,7H2,1-3H3,(H,18,24). The predicted molar refractivity (Wildman–Crippen MR) is 93.2 cm³/mol. The molecule has 0 heterocycles. The van der Waals surface area contributed by atoms with E-state index < -0.39 is 36.9 Å². The molecule has 0 bridgehead atoms. The van der Waals surface area contributed by atoms with Gasteiger partial charge in [-0.15, -0.1) is 0 Å². The van der Waals surface area contributed by atoms with Gasteiger partial charge in [0.15, 0.2) is 11.5 Å². The number of aliphatic hydroxyl groups is 5. The first kappa shape index (κ1) is 22.6. The predicted octanol–water partition coefficient (Wildman–Crippen LogP) is -2.14. The van der Waals surface area contributed by atoms with Crippen LogP contribution in [0.5, 0.6) is 17.2 Å². The van der Waals surface area contributed by atoms with Crippen molar-refractivity contribution in [3.63, 3.8) is 0 Å². The number of ether oxygens (including phenoxy) is 3. The fourth-order valence-corrected chi connectivity index (χ4v) is 2.07. The molecule has 11 nitrogen and oxygen atoms in total. The van der Waals surface area contributed by atoms with Crippen LogP contribution in [0.2, 0.25) is 0 Å². The molecule has 0 aliphatic carbocycles. The molecular formula is C16H24N2O9. The van der Waals surface area contributed by atoms with E-state index in [0.29, 0.717) is 5.75 Å². The van der Waals surface area contributed by atoms with Gasteiger partial charge in [0, 0.05) is 5.56 Å². The lowest BCUT2D eigenvalue weighted by atomic mass is 10.0. The summed E-state index contributed by atoms with van der Waals surface area (Å²) >= 11 is 0. The number of benzene rings is 1. The van der Waals surface area contributed by atoms with Gasteiger partial charge in [0.05, 0.1) is 34.2 Å². The lowest BCUT2D eigenvalue weighted by Gasteiger charge is -2.23. The van der Waals surface area contributed by atoms with Crippen LogP contribution < -0.4 is 19.6 Å². The van der Waals surface area contributed by atoms with Crippen molar-refractivity contribution in [2.45, 2.75) is 24.4 Å². The number of methoxy groups -OCH3 is 3. The highest BCUT2D eigenvalue weighted by Crippen LogP contribution is 2.38. The summed E-state index contributed by atoms with van der Waals surface area (Å²) in [5.74, 6) is 0.128. The van der Waals surface area contributed by atoms with Gasteiger partial charge < -0.3 is 39.7 Å². The summed E-state index contributed by atoms with van der Waals surface area (Å²) in [4.78, 5) is 12.2. The lowest BCUT2D eigenvalue weighted by molar-refractivity contribution is -0.0999. The van der Waals surface area contributed by atoms with Crippen molar-refractivity contribution in [3.05, 3.63) is 17.7 Å². The van der Waals surface area contributed by atoms with Crippen LogP contribution in [0.3, 0.4) is 0 Å². The van der Waals surface area contributed by atoms with Crippen molar-refractivity contribution >= 4 is 12.1 Å². The molecule has 0 saturated carbocycles. The minimum Gasteiger partial charge on any atom is -0.493 e. The van der Waals surface area contributed by atoms with Crippen LogP contribution in [0.4, 0.5) is 0 Å². The highest BCUT2D eigenvalue weighted by molar-refractivity contribution is 5.95. The zero-order chi connectivity index (χ0) is 20.6. The Hall–Kier alpha value is -2.44. The second-order valence-corrected chi connectivity index (χ2v) is 5.35. The van der Waals surface area contributed by atoms with E-state index in [4.69, 9.17) is 19.3 Å². The largest absolute Gasteiger partial charge is 0.493 e. The topological polar surface area (TPSA) is 170 Å². The number of carbonyl (C=O) groups excluding carboxylic acids is 1. The van der Waals surface area contributed by atoms with E-state index in [1.165, 1.54) is 33.5 Å². The molecule has 0 aromatic heterocycles.